The van der Waals surface area contributed by atoms with E-state index in [4.69, 9.17) is 0 Å². The number of hydrogen-bond donors (Lipinski definition) is 0. The first-order valence-electron chi connectivity index (χ1n) is 10.6. The van der Waals surface area contributed by atoms with Crippen LogP contribution in [0, 0.1) is 13.8 Å². The SMILES string of the molecule is Cc1nn([C@H]2CCS(=O)(=O)C2)c(C)c1CN(C)S(=O)(=O)c1ccc(N2CCCC2=O)cc1. The Morgan fingerprint density at radius 1 is 1.19 bits per heavy atom. The molecular formula is C21H28N4O5S2. The maximum atomic E-state index is 13.1. The summed E-state index contributed by atoms with van der Waals surface area (Å²) in [6, 6.07) is 6.17. The number of sulfone groups is 1. The molecular weight excluding hydrogens is 452 g/mol. The molecule has 11 heteroatoms. The van der Waals surface area contributed by atoms with Crippen LogP contribution in [-0.2, 0) is 31.2 Å². The summed E-state index contributed by atoms with van der Waals surface area (Å²) in [6.07, 6.45) is 1.84. The predicted molar refractivity (Wildman–Crippen MR) is 121 cm³/mol. The standard InChI is InChI=1S/C21H28N4O5S2/c1-15-20(16(2)25(22-15)18-10-12-31(27,28)14-18)13-23(3)32(29,30)19-8-6-17(7-9-19)24-11-4-5-21(24)26/h6-9,18H,4-5,10-14H2,1-3H3/t18-/m0/s1. The molecule has 2 fully saturated rings. The lowest BCUT2D eigenvalue weighted by molar-refractivity contribution is -0.117. The highest BCUT2D eigenvalue weighted by Crippen LogP contribution is 2.29. The highest BCUT2D eigenvalue weighted by Gasteiger charge is 2.32. The maximum Gasteiger partial charge on any atom is 0.243 e. The van der Waals surface area contributed by atoms with Gasteiger partial charge < -0.3 is 4.90 Å². The number of amides is 1. The Labute approximate surface area is 189 Å². The van der Waals surface area contributed by atoms with Crippen LogP contribution in [0.2, 0.25) is 0 Å². The van der Waals surface area contributed by atoms with E-state index in [-0.39, 0.29) is 34.9 Å². The average molecular weight is 481 g/mol. The summed E-state index contributed by atoms with van der Waals surface area (Å²) in [7, 11) is -5.29. The molecule has 1 amide bonds. The van der Waals surface area contributed by atoms with Gasteiger partial charge in [0.15, 0.2) is 9.84 Å². The molecule has 2 saturated heterocycles. The van der Waals surface area contributed by atoms with Crippen LogP contribution < -0.4 is 4.90 Å². The van der Waals surface area contributed by atoms with Crippen molar-refractivity contribution in [1.29, 1.82) is 0 Å². The highest BCUT2D eigenvalue weighted by atomic mass is 32.2. The van der Waals surface area contributed by atoms with Crippen LogP contribution in [0.1, 0.15) is 42.3 Å². The van der Waals surface area contributed by atoms with Crippen LogP contribution in [-0.4, -0.2) is 61.9 Å². The Kier molecular flexibility index (Phi) is 5.93. The molecule has 2 aromatic rings. The molecule has 0 saturated carbocycles. The zero-order valence-electron chi connectivity index (χ0n) is 18.5. The first kappa shape index (κ1) is 22.9. The Bertz CT molecular complexity index is 1250. The second-order valence-electron chi connectivity index (χ2n) is 8.55. The first-order chi connectivity index (χ1) is 15.0. The van der Waals surface area contributed by atoms with E-state index < -0.39 is 19.9 Å². The summed E-state index contributed by atoms with van der Waals surface area (Å²) in [6.45, 7) is 4.44. The van der Waals surface area contributed by atoms with Gasteiger partial charge in [-0.05, 0) is 51.0 Å². The number of anilines is 1. The predicted octanol–water partition coefficient (Wildman–Crippen LogP) is 1.81. The Morgan fingerprint density at radius 3 is 2.44 bits per heavy atom. The van der Waals surface area contributed by atoms with Gasteiger partial charge in [0.1, 0.15) is 0 Å². The lowest BCUT2D eigenvalue weighted by Crippen LogP contribution is -2.27. The quantitative estimate of drug-likeness (QED) is 0.624. The minimum atomic E-state index is -3.76. The maximum absolute atomic E-state index is 13.1. The van der Waals surface area contributed by atoms with Crippen molar-refractivity contribution in [3.63, 3.8) is 0 Å². The molecule has 0 unspecified atom stereocenters. The third-order valence-corrected chi connectivity index (χ3v) is 9.91. The first-order valence-corrected chi connectivity index (χ1v) is 13.9. The summed E-state index contributed by atoms with van der Waals surface area (Å²) >= 11 is 0. The zero-order valence-corrected chi connectivity index (χ0v) is 20.1. The molecule has 0 radical (unpaired) electrons. The van der Waals surface area contributed by atoms with Gasteiger partial charge in [-0.15, -0.1) is 0 Å². The van der Waals surface area contributed by atoms with Crippen molar-refractivity contribution in [2.45, 2.75) is 50.6 Å². The highest BCUT2D eigenvalue weighted by molar-refractivity contribution is 7.91. The van der Waals surface area contributed by atoms with Crippen molar-refractivity contribution in [2.75, 3.05) is 30.0 Å². The molecule has 4 rings (SSSR count). The number of sulfonamides is 1. The molecule has 0 spiro atoms. The second kappa shape index (κ2) is 8.27. The van der Waals surface area contributed by atoms with Crippen molar-refractivity contribution >= 4 is 31.5 Å². The minimum absolute atomic E-state index is 0.0516. The fraction of sp³-hybridized carbons (Fsp3) is 0.524. The number of carbonyl (C=O) groups excluding carboxylic acids is 1. The fourth-order valence-corrected chi connectivity index (χ4v) is 7.29. The molecule has 2 aliphatic rings. The Balaban J connectivity index is 1.53. The summed E-state index contributed by atoms with van der Waals surface area (Å²) in [5.41, 5.74) is 2.96. The number of hydrogen-bond acceptors (Lipinski definition) is 6. The molecule has 0 aliphatic carbocycles. The van der Waals surface area contributed by atoms with E-state index in [0.29, 0.717) is 30.8 Å². The number of nitrogens with zero attached hydrogens (tertiary/aromatic N) is 4. The summed E-state index contributed by atoms with van der Waals surface area (Å²) in [5.74, 6) is 0.267. The van der Waals surface area contributed by atoms with Gasteiger partial charge in [0, 0.05) is 43.5 Å². The van der Waals surface area contributed by atoms with Crippen LogP contribution in [0.3, 0.4) is 0 Å². The summed E-state index contributed by atoms with van der Waals surface area (Å²) in [5, 5.41) is 4.52. The van der Waals surface area contributed by atoms with Gasteiger partial charge in [0.05, 0.1) is 28.1 Å². The Morgan fingerprint density at radius 2 is 1.88 bits per heavy atom. The molecule has 2 aliphatic heterocycles. The van der Waals surface area contributed by atoms with E-state index in [1.165, 1.54) is 23.5 Å². The van der Waals surface area contributed by atoms with Crippen molar-refractivity contribution < 1.29 is 21.6 Å². The molecule has 0 bridgehead atoms. The van der Waals surface area contributed by atoms with Gasteiger partial charge in [0.2, 0.25) is 15.9 Å². The van der Waals surface area contributed by atoms with Gasteiger partial charge >= 0.3 is 0 Å². The third-order valence-electron chi connectivity index (χ3n) is 6.34. The van der Waals surface area contributed by atoms with Crippen molar-refractivity contribution in [2.24, 2.45) is 0 Å². The second-order valence-corrected chi connectivity index (χ2v) is 12.8. The minimum Gasteiger partial charge on any atom is -0.312 e. The van der Waals surface area contributed by atoms with E-state index in [1.54, 1.807) is 21.7 Å². The van der Waals surface area contributed by atoms with E-state index in [9.17, 15) is 21.6 Å². The lowest BCUT2D eigenvalue weighted by Gasteiger charge is -2.19. The number of benzene rings is 1. The van der Waals surface area contributed by atoms with Gasteiger partial charge in [-0.1, -0.05) is 0 Å². The number of rotatable bonds is 6. The van der Waals surface area contributed by atoms with E-state index >= 15 is 0 Å². The van der Waals surface area contributed by atoms with Crippen LogP contribution in [0.15, 0.2) is 29.2 Å². The van der Waals surface area contributed by atoms with Crippen molar-refractivity contribution in [1.82, 2.24) is 14.1 Å². The topological polar surface area (TPSA) is 110 Å². The van der Waals surface area contributed by atoms with Gasteiger partial charge in [-0.2, -0.15) is 9.40 Å². The number of carbonyl (C=O) groups is 1. The molecule has 9 nitrogen and oxygen atoms in total. The summed E-state index contributed by atoms with van der Waals surface area (Å²) < 4.78 is 53.0. The van der Waals surface area contributed by atoms with E-state index in [0.717, 1.165) is 17.7 Å². The zero-order chi connectivity index (χ0) is 23.3. The summed E-state index contributed by atoms with van der Waals surface area (Å²) in [4.78, 5) is 13.7. The Hall–Kier alpha value is -2.24. The van der Waals surface area contributed by atoms with E-state index in [2.05, 4.69) is 5.10 Å². The van der Waals surface area contributed by atoms with Crippen LogP contribution in [0.25, 0.3) is 0 Å². The fourth-order valence-electron chi connectivity index (χ4n) is 4.46. The number of aryl methyl sites for hydroxylation is 1. The molecule has 174 valence electrons. The van der Waals surface area contributed by atoms with Crippen LogP contribution in [0.4, 0.5) is 5.69 Å². The molecule has 1 aromatic carbocycles. The van der Waals surface area contributed by atoms with Crippen molar-refractivity contribution in [3.8, 4) is 0 Å². The average Bonchev–Trinajstić information content (AvgIpc) is 3.40. The van der Waals surface area contributed by atoms with Crippen LogP contribution in [0.5, 0.6) is 0 Å². The van der Waals surface area contributed by atoms with E-state index in [1.807, 2.05) is 13.8 Å². The third kappa shape index (κ3) is 4.20. The number of aromatic nitrogens is 2. The normalized spacial score (nSPS) is 21.1. The molecule has 1 atom stereocenters. The smallest absolute Gasteiger partial charge is 0.243 e. The monoisotopic (exact) mass is 480 g/mol. The van der Waals surface area contributed by atoms with Crippen LogP contribution >= 0.6 is 0 Å². The van der Waals surface area contributed by atoms with Gasteiger partial charge in [-0.25, -0.2) is 16.8 Å². The van der Waals surface area contributed by atoms with Gasteiger partial charge in [0.25, 0.3) is 0 Å². The van der Waals surface area contributed by atoms with Gasteiger partial charge in [-0.3, -0.25) is 9.48 Å². The van der Waals surface area contributed by atoms with Crippen molar-refractivity contribution in [3.05, 3.63) is 41.2 Å². The molecule has 3 heterocycles. The molecule has 1 aromatic heterocycles. The molecule has 32 heavy (non-hydrogen) atoms. The molecule has 0 N–H and O–H groups in total. The largest absolute Gasteiger partial charge is 0.312 e. The lowest BCUT2D eigenvalue weighted by atomic mass is 10.2.